The SMILES string of the molecule is Cc1c(F)cc2nc3c(c4c2c1CC[C@@H]4N)Cn1c-3cc2c(c1=O)COC(=O)[C@]2(O)CC1CC1. The van der Waals surface area contributed by atoms with E-state index in [0.29, 0.717) is 53.0 Å². The molecule has 8 heteroatoms. The Bertz CT molecular complexity index is 1520. The molecule has 0 radical (unpaired) electrons. The monoisotopic (exact) mass is 461 g/mol. The zero-order valence-electron chi connectivity index (χ0n) is 18.8. The molecule has 0 unspecified atom stereocenters. The Balaban J connectivity index is 1.52. The number of ether oxygens (including phenoxy) is 1. The van der Waals surface area contributed by atoms with Crippen LogP contribution in [-0.2, 0) is 34.7 Å². The molecule has 0 spiro atoms. The molecular formula is C26H24FN3O4. The molecule has 0 saturated heterocycles. The van der Waals surface area contributed by atoms with E-state index in [9.17, 15) is 19.1 Å². The minimum Gasteiger partial charge on any atom is -0.458 e. The molecule has 2 aliphatic carbocycles. The Morgan fingerprint density at radius 1 is 1.24 bits per heavy atom. The molecule has 3 aromatic rings. The molecule has 34 heavy (non-hydrogen) atoms. The molecule has 2 aliphatic heterocycles. The van der Waals surface area contributed by atoms with Gasteiger partial charge in [0, 0.05) is 28.6 Å². The molecule has 4 aliphatic rings. The number of pyridine rings is 2. The van der Waals surface area contributed by atoms with E-state index in [4.69, 9.17) is 15.5 Å². The first kappa shape index (κ1) is 20.3. The van der Waals surface area contributed by atoms with Gasteiger partial charge in [-0.1, -0.05) is 12.8 Å². The summed E-state index contributed by atoms with van der Waals surface area (Å²) in [6.07, 6.45) is 3.50. The zero-order chi connectivity index (χ0) is 23.5. The van der Waals surface area contributed by atoms with E-state index in [1.165, 1.54) is 6.07 Å². The van der Waals surface area contributed by atoms with Crippen LogP contribution in [0.25, 0.3) is 22.3 Å². The van der Waals surface area contributed by atoms with E-state index in [1.807, 2.05) is 0 Å². The van der Waals surface area contributed by atoms with Crippen LogP contribution < -0.4 is 11.3 Å². The predicted molar refractivity (Wildman–Crippen MR) is 122 cm³/mol. The lowest BCUT2D eigenvalue weighted by Crippen LogP contribution is -2.45. The highest BCUT2D eigenvalue weighted by molar-refractivity contribution is 5.93. The van der Waals surface area contributed by atoms with Gasteiger partial charge in [-0.2, -0.15) is 0 Å². The zero-order valence-corrected chi connectivity index (χ0v) is 18.8. The van der Waals surface area contributed by atoms with Gasteiger partial charge in [0.25, 0.3) is 5.56 Å². The average Bonchev–Trinajstić information content (AvgIpc) is 3.54. The summed E-state index contributed by atoms with van der Waals surface area (Å²) in [6, 6.07) is 2.92. The number of aryl methyl sites for hydroxylation is 1. The van der Waals surface area contributed by atoms with E-state index in [0.717, 1.165) is 34.9 Å². The van der Waals surface area contributed by atoms with Gasteiger partial charge < -0.3 is 20.1 Å². The Kier molecular flexibility index (Phi) is 3.89. The Morgan fingerprint density at radius 2 is 2.03 bits per heavy atom. The minimum absolute atomic E-state index is 0.160. The van der Waals surface area contributed by atoms with E-state index in [1.54, 1.807) is 17.6 Å². The van der Waals surface area contributed by atoms with Crippen molar-refractivity contribution in [1.29, 1.82) is 0 Å². The Morgan fingerprint density at radius 3 is 2.79 bits per heavy atom. The lowest BCUT2D eigenvalue weighted by molar-refractivity contribution is -0.173. The van der Waals surface area contributed by atoms with Crippen LogP contribution in [-0.4, -0.2) is 20.6 Å². The number of benzene rings is 1. The number of carbonyl (C=O) groups excluding carboxylic acids is 1. The van der Waals surface area contributed by atoms with Crippen LogP contribution in [0.2, 0.25) is 0 Å². The van der Waals surface area contributed by atoms with Crippen LogP contribution >= 0.6 is 0 Å². The first-order chi connectivity index (χ1) is 16.3. The van der Waals surface area contributed by atoms with Crippen LogP contribution in [0.15, 0.2) is 16.9 Å². The number of hydrogen-bond acceptors (Lipinski definition) is 6. The molecule has 7 rings (SSSR count). The predicted octanol–water partition coefficient (Wildman–Crippen LogP) is 2.86. The number of hydrogen-bond donors (Lipinski definition) is 2. The van der Waals surface area contributed by atoms with E-state index in [2.05, 4.69) is 0 Å². The Hall–Kier alpha value is -3.10. The quantitative estimate of drug-likeness (QED) is 0.445. The maximum atomic E-state index is 14.7. The molecular weight excluding hydrogens is 437 g/mol. The third kappa shape index (κ3) is 2.50. The van der Waals surface area contributed by atoms with Crippen molar-refractivity contribution in [3.8, 4) is 11.4 Å². The second kappa shape index (κ2) is 6.52. The number of esters is 1. The lowest BCUT2D eigenvalue weighted by atomic mass is 9.82. The summed E-state index contributed by atoms with van der Waals surface area (Å²) in [5.74, 6) is -0.778. The molecule has 2 atom stereocenters. The largest absolute Gasteiger partial charge is 0.458 e. The number of fused-ring (bicyclic) bond motifs is 5. The summed E-state index contributed by atoms with van der Waals surface area (Å²) in [6.45, 7) is 1.92. The number of aromatic nitrogens is 2. The van der Waals surface area contributed by atoms with Gasteiger partial charge in [0.1, 0.15) is 12.4 Å². The number of carbonyl (C=O) groups is 1. The molecule has 3 N–H and O–H groups in total. The number of cyclic esters (lactones) is 1. The molecule has 1 saturated carbocycles. The topological polar surface area (TPSA) is 107 Å². The smallest absolute Gasteiger partial charge is 0.343 e. The molecule has 7 nitrogen and oxygen atoms in total. The molecule has 1 fully saturated rings. The van der Waals surface area contributed by atoms with Crippen LogP contribution in [0.5, 0.6) is 0 Å². The highest BCUT2D eigenvalue weighted by Crippen LogP contribution is 2.47. The minimum atomic E-state index is -1.84. The summed E-state index contributed by atoms with van der Waals surface area (Å²) in [5.41, 5.74) is 10.0. The standard InChI is InChI=1S/C26H24FN3O4/c1-11-13-4-5-18(28)21-14-9-30-20(23(14)29-19(22(13)21)7-17(11)27)6-16-15(24(30)31)10-34-25(32)26(16,33)8-12-2-3-12/h6-7,12,18,33H,2-5,8-10,28H2,1H3/t18-,26-/m0/s1. The van der Waals surface area contributed by atoms with Crippen molar-refractivity contribution in [1.82, 2.24) is 9.55 Å². The van der Waals surface area contributed by atoms with E-state index < -0.39 is 11.6 Å². The van der Waals surface area contributed by atoms with Gasteiger partial charge in [-0.15, -0.1) is 0 Å². The van der Waals surface area contributed by atoms with Crippen molar-refractivity contribution in [2.45, 2.75) is 63.8 Å². The van der Waals surface area contributed by atoms with Gasteiger partial charge in [-0.25, -0.2) is 14.2 Å². The second-order valence-electron chi connectivity index (χ2n) is 10.3. The maximum Gasteiger partial charge on any atom is 0.343 e. The number of nitrogens with zero attached hydrogens (tertiary/aromatic N) is 2. The number of nitrogens with two attached hydrogens (primary N) is 1. The lowest BCUT2D eigenvalue weighted by Gasteiger charge is -2.32. The molecule has 4 heterocycles. The summed E-state index contributed by atoms with van der Waals surface area (Å²) >= 11 is 0. The van der Waals surface area contributed by atoms with Crippen LogP contribution in [0.1, 0.15) is 65.1 Å². The third-order valence-electron chi connectivity index (χ3n) is 8.19. The van der Waals surface area contributed by atoms with Crippen LogP contribution in [0, 0.1) is 18.7 Å². The normalized spacial score (nSPS) is 24.6. The van der Waals surface area contributed by atoms with Crippen molar-refractivity contribution in [3.63, 3.8) is 0 Å². The van der Waals surface area contributed by atoms with Gasteiger partial charge in [-0.3, -0.25) is 4.79 Å². The fraction of sp³-hybridized carbons (Fsp3) is 0.423. The van der Waals surface area contributed by atoms with Crippen molar-refractivity contribution in [3.05, 3.63) is 61.7 Å². The molecule has 0 bridgehead atoms. The number of rotatable bonds is 2. The van der Waals surface area contributed by atoms with Gasteiger partial charge in [0.05, 0.1) is 29.0 Å². The second-order valence-corrected chi connectivity index (χ2v) is 10.3. The van der Waals surface area contributed by atoms with Crippen LogP contribution in [0.3, 0.4) is 0 Å². The fourth-order valence-electron chi connectivity index (χ4n) is 6.19. The summed E-state index contributed by atoms with van der Waals surface area (Å²) in [7, 11) is 0. The summed E-state index contributed by atoms with van der Waals surface area (Å²) in [5, 5.41) is 12.3. The first-order valence-corrected chi connectivity index (χ1v) is 11.8. The average molecular weight is 461 g/mol. The third-order valence-corrected chi connectivity index (χ3v) is 8.19. The van der Waals surface area contributed by atoms with Gasteiger partial charge in [0.2, 0.25) is 0 Å². The number of aliphatic hydroxyl groups is 1. The van der Waals surface area contributed by atoms with Crippen molar-refractivity contribution in [2.75, 3.05) is 0 Å². The first-order valence-electron chi connectivity index (χ1n) is 11.8. The van der Waals surface area contributed by atoms with Crippen LogP contribution in [0.4, 0.5) is 4.39 Å². The van der Waals surface area contributed by atoms with Crippen molar-refractivity contribution in [2.24, 2.45) is 11.7 Å². The van der Waals surface area contributed by atoms with Gasteiger partial charge in [-0.05, 0) is 54.9 Å². The van der Waals surface area contributed by atoms with Gasteiger partial charge >= 0.3 is 5.97 Å². The summed E-state index contributed by atoms with van der Waals surface area (Å²) in [4.78, 5) is 31.1. The highest BCUT2D eigenvalue weighted by Gasteiger charge is 2.49. The van der Waals surface area contributed by atoms with Crippen molar-refractivity contribution < 1.29 is 19.0 Å². The molecule has 2 aromatic heterocycles. The fourth-order valence-corrected chi connectivity index (χ4v) is 6.19. The summed E-state index contributed by atoms with van der Waals surface area (Å²) < 4.78 is 21.6. The maximum absolute atomic E-state index is 14.7. The van der Waals surface area contributed by atoms with Crippen molar-refractivity contribution >= 4 is 16.9 Å². The molecule has 1 aromatic carbocycles. The highest BCUT2D eigenvalue weighted by atomic mass is 19.1. The molecule has 0 amide bonds. The number of halogens is 1. The Labute approximate surface area is 194 Å². The molecule has 174 valence electrons. The van der Waals surface area contributed by atoms with E-state index >= 15 is 0 Å². The van der Waals surface area contributed by atoms with Gasteiger partial charge in [0.15, 0.2) is 5.60 Å². The van der Waals surface area contributed by atoms with E-state index in [-0.39, 0.29) is 36.4 Å².